The van der Waals surface area contributed by atoms with E-state index in [-0.39, 0.29) is 0 Å². The molecule has 16 heavy (non-hydrogen) atoms. The summed E-state index contributed by atoms with van der Waals surface area (Å²) in [6, 6.07) is 12.2. The molecule has 0 amide bonds. The fourth-order valence-electron chi connectivity index (χ4n) is 1.45. The van der Waals surface area contributed by atoms with Gasteiger partial charge in [-0.15, -0.1) is 11.3 Å². The minimum atomic E-state index is 0.772. The molecule has 0 saturated carbocycles. The van der Waals surface area contributed by atoms with Gasteiger partial charge in [0.1, 0.15) is 5.75 Å². The zero-order chi connectivity index (χ0) is 11.2. The molecule has 0 unspecified atom stereocenters. The van der Waals surface area contributed by atoms with Crippen LogP contribution >= 0.6 is 27.3 Å². The first-order valence-corrected chi connectivity index (χ1v) is 6.92. The Morgan fingerprint density at radius 3 is 2.88 bits per heavy atom. The highest BCUT2D eigenvalue weighted by atomic mass is 79.9. The van der Waals surface area contributed by atoms with E-state index in [9.17, 15) is 0 Å². The Bertz CT molecular complexity index is 425. The molecule has 0 saturated heterocycles. The molecule has 1 heterocycles. The first kappa shape index (κ1) is 11.7. The molecule has 0 bridgehead atoms. The van der Waals surface area contributed by atoms with Crippen molar-refractivity contribution in [3.63, 3.8) is 0 Å². The van der Waals surface area contributed by atoms with Gasteiger partial charge in [0.15, 0.2) is 0 Å². The molecule has 2 aromatic rings. The van der Waals surface area contributed by atoms with Crippen LogP contribution < -0.4 is 4.74 Å². The third kappa shape index (κ3) is 3.65. The zero-order valence-electron chi connectivity index (χ0n) is 8.86. The summed E-state index contributed by atoms with van der Waals surface area (Å²) in [5.74, 6) is 0.931. The van der Waals surface area contributed by atoms with Crippen molar-refractivity contribution in [1.29, 1.82) is 0 Å². The smallest absolute Gasteiger partial charge is 0.120 e. The van der Waals surface area contributed by atoms with Crippen LogP contribution in [0.4, 0.5) is 0 Å². The predicted molar refractivity (Wildman–Crippen MR) is 72.3 cm³/mol. The van der Waals surface area contributed by atoms with Gasteiger partial charge in [-0.1, -0.05) is 28.1 Å². The molecule has 0 N–H and O–H groups in total. The van der Waals surface area contributed by atoms with Crippen LogP contribution in [0.3, 0.4) is 0 Å². The minimum absolute atomic E-state index is 0.772. The molecule has 84 valence electrons. The second-order valence-electron chi connectivity index (χ2n) is 3.49. The van der Waals surface area contributed by atoms with Crippen LogP contribution in [0.5, 0.6) is 5.75 Å². The second-order valence-corrected chi connectivity index (χ2v) is 5.44. The fraction of sp³-hybridized carbons (Fsp3) is 0.231. The van der Waals surface area contributed by atoms with Crippen molar-refractivity contribution in [3.8, 4) is 5.75 Å². The van der Waals surface area contributed by atoms with Crippen molar-refractivity contribution in [2.24, 2.45) is 0 Å². The average molecular weight is 297 g/mol. The number of thiophene rings is 1. The Morgan fingerprint density at radius 1 is 1.19 bits per heavy atom. The lowest BCUT2D eigenvalue weighted by atomic mass is 10.3. The summed E-state index contributed by atoms with van der Waals surface area (Å²) in [7, 11) is 0. The van der Waals surface area contributed by atoms with Crippen molar-refractivity contribution >= 4 is 27.3 Å². The largest absolute Gasteiger partial charge is 0.494 e. The monoisotopic (exact) mass is 296 g/mol. The van der Waals surface area contributed by atoms with E-state index >= 15 is 0 Å². The molecule has 1 aromatic heterocycles. The van der Waals surface area contributed by atoms with Crippen molar-refractivity contribution in [1.82, 2.24) is 0 Å². The molecule has 0 aliphatic carbocycles. The number of rotatable bonds is 5. The number of ether oxygens (including phenoxy) is 1. The third-order valence-corrected chi connectivity index (χ3v) is 3.64. The molecule has 1 nitrogen and oxygen atoms in total. The topological polar surface area (TPSA) is 9.23 Å². The van der Waals surface area contributed by atoms with Crippen LogP contribution in [0.2, 0.25) is 0 Å². The number of hydrogen-bond donors (Lipinski definition) is 0. The highest BCUT2D eigenvalue weighted by molar-refractivity contribution is 9.10. The molecule has 2 rings (SSSR count). The normalized spacial score (nSPS) is 10.3. The first-order chi connectivity index (χ1) is 7.84. The highest BCUT2D eigenvalue weighted by Crippen LogP contribution is 2.18. The second kappa shape index (κ2) is 6.06. The molecule has 0 aliphatic heterocycles. The van der Waals surface area contributed by atoms with Crippen molar-refractivity contribution in [3.05, 3.63) is 51.1 Å². The van der Waals surface area contributed by atoms with Crippen molar-refractivity contribution < 1.29 is 4.74 Å². The van der Waals surface area contributed by atoms with E-state index in [1.165, 1.54) is 4.88 Å². The van der Waals surface area contributed by atoms with Gasteiger partial charge in [-0.3, -0.25) is 0 Å². The fourth-order valence-corrected chi connectivity index (χ4v) is 2.58. The predicted octanol–water partition coefficient (Wildman–Crippen LogP) is 4.52. The zero-order valence-corrected chi connectivity index (χ0v) is 11.3. The maximum Gasteiger partial charge on any atom is 0.120 e. The van der Waals surface area contributed by atoms with E-state index in [0.29, 0.717) is 0 Å². The van der Waals surface area contributed by atoms with Crippen LogP contribution in [0.15, 0.2) is 46.3 Å². The van der Waals surface area contributed by atoms with Gasteiger partial charge in [0.05, 0.1) is 6.61 Å². The molecule has 3 heteroatoms. The number of benzene rings is 1. The highest BCUT2D eigenvalue weighted by Gasteiger charge is 1.96. The maximum atomic E-state index is 5.66. The molecule has 0 fully saturated rings. The SMILES string of the molecule is Brc1cccc(OCCCc2cccs2)c1. The molecular formula is C13H13BrOS. The van der Waals surface area contributed by atoms with Crippen LogP contribution in [-0.2, 0) is 6.42 Å². The van der Waals surface area contributed by atoms with E-state index in [2.05, 4.69) is 33.4 Å². The lowest BCUT2D eigenvalue weighted by molar-refractivity contribution is 0.311. The minimum Gasteiger partial charge on any atom is -0.494 e. The van der Waals surface area contributed by atoms with E-state index in [1.54, 1.807) is 0 Å². The van der Waals surface area contributed by atoms with Gasteiger partial charge < -0.3 is 4.74 Å². The van der Waals surface area contributed by atoms with Gasteiger partial charge in [-0.05, 0) is 42.5 Å². The Hall–Kier alpha value is -0.800. The van der Waals surface area contributed by atoms with E-state index in [0.717, 1.165) is 29.7 Å². The number of halogens is 1. The van der Waals surface area contributed by atoms with E-state index < -0.39 is 0 Å². The van der Waals surface area contributed by atoms with Gasteiger partial charge in [-0.2, -0.15) is 0 Å². The Kier molecular flexibility index (Phi) is 4.43. The lowest BCUT2D eigenvalue weighted by Crippen LogP contribution is -1.98. The van der Waals surface area contributed by atoms with E-state index in [4.69, 9.17) is 4.74 Å². The molecule has 0 spiro atoms. The summed E-state index contributed by atoms with van der Waals surface area (Å²) in [5.41, 5.74) is 0. The maximum absolute atomic E-state index is 5.66. The third-order valence-electron chi connectivity index (χ3n) is 2.21. The lowest BCUT2D eigenvalue weighted by Gasteiger charge is -2.05. The molecule has 0 radical (unpaired) electrons. The van der Waals surface area contributed by atoms with Gasteiger partial charge in [0.2, 0.25) is 0 Å². The van der Waals surface area contributed by atoms with Gasteiger partial charge in [0.25, 0.3) is 0 Å². The summed E-state index contributed by atoms with van der Waals surface area (Å²) in [6.45, 7) is 0.772. The average Bonchev–Trinajstić information content (AvgIpc) is 2.77. The van der Waals surface area contributed by atoms with Gasteiger partial charge in [0, 0.05) is 9.35 Å². The molecule has 1 aromatic carbocycles. The number of hydrogen-bond acceptors (Lipinski definition) is 2. The Morgan fingerprint density at radius 2 is 2.12 bits per heavy atom. The molecular weight excluding hydrogens is 284 g/mol. The number of aryl methyl sites for hydroxylation is 1. The van der Waals surface area contributed by atoms with Crippen LogP contribution in [-0.4, -0.2) is 6.61 Å². The Balaban J connectivity index is 1.72. The van der Waals surface area contributed by atoms with Gasteiger partial charge in [-0.25, -0.2) is 0 Å². The van der Waals surface area contributed by atoms with Crippen LogP contribution in [0.1, 0.15) is 11.3 Å². The Labute approximate surface area is 108 Å². The summed E-state index contributed by atoms with van der Waals surface area (Å²) in [4.78, 5) is 1.43. The summed E-state index contributed by atoms with van der Waals surface area (Å²) in [6.07, 6.45) is 2.17. The summed E-state index contributed by atoms with van der Waals surface area (Å²) < 4.78 is 6.72. The first-order valence-electron chi connectivity index (χ1n) is 5.25. The van der Waals surface area contributed by atoms with Crippen molar-refractivity contribution in [2.45, 2.75) is 12.8 Å². The molecule has 0 atom stereocenters. The van der Waals surface area contributed by atoms with Crippen LogP contribution in [0.25, 0.3) is 0 Å². The van der Waals surface area contributed by atoms with E-state index in [1.807, 2.05) is 35.6 Å². The van der Waals surface area contributed by atoms with Crippen LogP contribution in [0, 0.1) is 0 Å². The molecule has 0 aliphatic rings. The standard InChI is InChI=1S/C13H13BrOS/c14-11-4-1-5-12(10-11)15-8-2-6-13-7-3-9-16-13/h1,3-5,7,9-10H,2,6,8H2. The quantitative estimate of drug-likeness (QED) is 0.737. The van der Waals surface area contributed by atoms with Gasteiger partial charge >= 0.3 is 0 Å². The summed E-state index contributed by atoms with van der Waals surface area (Å²) >= 11 is 5.23. The summed E-state index contributed by atoms with van der Waals surface area (Å²) in [5, 5.41) is 2.12. The van der Waals surface area contributed by atoms with Crippen molar-refractivity contribution in [2.75, 3.05) is 6.61 Å².